The van der Waals surface area contributed by atoms with Crippen LogP contribution in [0.25, 0.3) is 0 Å². The number of amides is 1. The minimum absolute atomic E-state index is 0.148. The predicted molar refractivity (Wildman–Crippen MR) is 95.2 cm³/mol. The third-order valence-corrected chi connectivity index (χ3v) is 5.45. The van der Waals surface area contributed by atoms with Gasteiger partial charge in [0.05, 0.1) is 20.0 Å². The van der Waals surface area contributed by atoms with Crippen LogP contribution in [-0.2, 0) is 14.6 Å². The molecular formula is C15H10Cl3F2NO4S. The van der Waals surface area contributed by atoms with E-state index in [1.54, 1.807) is 0 Å². The zero-order valence-corrected chi connectivity index (χ0v) is 15.8. The number of sulfone groups is 1. The summed E-state index contributed by atoms with van der Waals surface area (Å²) in [5, 5.41) is 3.00. The van der Waals surface area contributed by atoms with Crippen LogP contribution in [0.5, 0.6) is 5.75 Å². The van der Waals surface area contributed by atoms with Gasteiger partial charge in [0, 0.05) is 11.8 Å². The first-order chi connectivity index (χ1) is 12.1. The van der Waals surface area contributed by atoms with Gasteiger partial charge in [-0.05, 0) is 30.3 Å². The molecule has 0 aliphatic carbocycles. The maximum Gasteiger partial charge on any atom is 0.341 e. The minimum Gasteiger partial charge on any atom is -0.482 e. The summed E-state index contributed by atoms with van der Waals surface area (Å²) < 4.78 is 52.8. The molecule has 5 nitrogen and oxygen atoms in total. The van der Waals surface area contributed by atoms with E-state index >= 15 is 0 Å². The van der Waals surface area contributed by atoms with Crippen LogP contribution in [0.4, 0.5) is 14.5 Å². The van der Waals surface area contributed by atoms with Gasteiger partial charge in [-0.2, -0.15) is 8.78 Å². The monoisotopic (exact) mass is 443 g/mol. The summed E-state index contributed by atoms with van der Waals surface area (Å²) in [6.45, 7) is -0.422. The van der Waals surface area contributed by atoms with Gasteiger partial charge < -0.3 is 10.1 Å². The lowest BCUT2D eigenvalue weighted by molar-refractivity contribution is -0.118. The van der Waals surface area contributed by atoms with Crippen molar-refractivity contribution in [2.75, 3.05) is 11.9 Å². The molecule has 2 rings (SSSR count). The van der Waals surface area contributed by atoms with Crippen molar-refractivity contribution in [3.8, 4) is 5.75 Å². The molecule has 0 saturated heterocycles. The highest BCUT2D eigenvalue weighted by molar-refractivity contribution is 7.91. The number of rotatable bonds is 6. The van der Waals surface area contributed by atoms with Gasteiger partial charge in [-0.25, -0.2) is 8.42 Å². The molecule has 11 heteroatoms. The Hall–Kier alpha value is -1.61. The zero-order valence-electron chi connectivity index (χ0n) is 12.7. The third-order valence-electron chi connectivity index (χ3n) is 3.03. The van der Waals surface area contributed by atoms with Crippen molar-refractivity contribution in [3.05, 3.63) is 51.5 Å². The number of alkyl halides is 2. The van der Waals surface area contributed by atoms with Gasteiger partial charge in [-0.3, -0.25) is 4.79 Å². The number of ether oxygens (including phenoxy) is 1. The van der Waals surface area contributed by atoms with E-state index in [4.69, 9.17) is 39.5 Å². The molecular weight excluding hydrogens is 435 g/mol. The molecule has 0 aliphatic heterocycles. The molecule has 26 heavy (non-hydrogen) atoms. The number of halogens is 5. The van der Waals surface area contributed by atoms with Crippen LogP contribution >= 0.6 is 34.8 Å². The van der Waals surface area contributed by atoms with E-state index < -0.39 is 33.0 Å². The topological polar surface area (TPSA) is 72.5 Å². The second-order valence-electron chi connectivity index (χ2n) is 4.86. The van der Waals surface area contributed by atoms with Gasteiger partial charge in [0.15, 0.2) is 6.61 Å². The van der Waals surface area contributed by atoms with E-state index in [9.17, 15) is 22.0 Å². The fourth-order valence-corrected chi connectivity index (χ4v) is 3.10. The molecule has 0 saturated carbocycles. The van der Waals surface area contributed by atoms with Crippen molar-refractivity contribution >= 4 is 56.2 Å². The van der Waals surface area contributed by atoms with Crippen LogP contribution in [0, 0.1) is 0 Å². The molecule has 0 spiro atoms. The third kappa shape index (κ3) is 4.97. The summed E-state index contributed by atoms with van der Waals surface area (Å²) in [6, 6.07) is 7.00. The van der Waals surface area contributed by atoms with E-state index in [0.717, 1.165) is 12.1 Å². The number of hydrogen-bond donors (Lipinski definition) is 1. The summed E-state index contributed by atoms with van der Waals surface area (Å²) in [5.41, 5.74) is 0.201. The SMILES string of the molecule is O=C(COc1cc(Cl)c(Cl)cc1Cl)Nc1ccc(S(=O)(=O)C(F)F)cc1. The van der Waals surface area contributed by atoms with Gasteiger partial charge in [-0.15, -0.1) is 0 Å². The highest BCUT2D eigenvalue weighted by Gasteiger charge is 2.26. The Balaban J connectivity index is 1.99. The maximum absolute atomic E-state index is 12.5. The smallest absolute Gasteiger partial charge is 0.341 e. The Morgan fingerprint density at radius 3 is 2.19 bits per heavy atom. The maximum atomic E-state index is 12.5. The Morgan fingerprint density at radius 2 is 1.62 bits per heavy atom. The summed E-state index contributed by atoms with van der Waals surface area (Å²) >= 11 is 17.5. The van der Waals surface area contributed by atoms with Gasteiger partial charge in [0.25, 0.3) is 5.91 Å². The van der Waals surface area contributed by atoms with Crippen LogP contribution in [0.15, 0.2) is 41.3 Å². The van der Waals surface area contributed by atoms with Crippen LogP contribution in [-0.4, -0.2) is 26.7 Å². The summed E-state index contributed by atoms with van der Waals surface area (Å²) in [6.07, 6.45) is 0. The first kappa shape index (κ1) is 20.7. The predicted octanol–water partition coefficient (Wildman–Crippen LogP) is 4.66. The number of carbonyl (C=O) groups is 1. The van der Waals surface area contributed by atoms with Crippen LogP contribution in [0.1, 0.15) is 0 Å². The quantitative estimate of drug-likeness (QED) is 0.658. The Bertz CT molecular complexity index is 921. The second-order valence-corrected chi connectivity index (χ2v) is 8.00. The normalized spacial score (nSPS) is 11.5. The van der Waals surface area contributed by atoms with Crippen LogP contribution in [0.2, 0.25) is 15.1 Å². The first-order valence-electron chi connectivity index (χ1n) is 6.80. The molecule has 0 fully saturated rings. The number of benzene rings is 2. The highest BCUT2D eigenvalue weighted by Crippen LogP contribution is 2.33. The number of carbonyl (C=O) groups excluding carboxylic acids is 1. The van der Waals surface area contributed by atoms with E-state index in [0.29, 0.717) is 0 Å². The van der Waals surface area contributed by atoms with Crippen molar-refractivity contribution in [2.45, 2.75) is 10.7 Å². The van der Waals surface area contributed by atoms with Crippen molar-refractivity contribution in [2.24, 2.45) is 0 Å². The lowest BCUT2D eigenvalue weighted by Gasteiger charge is -2.10. The molecule has 0 unspecified atom stereocenters. The minimum atomic E-state index is -4.69. The highest BCUT2D eigenvalue weighted by atomic mass is 35.5. The first-order valence-corrected chi connectivity index (χ1v) is 9.48. The van der Waals surface area contributed by atoms with E-state index in [1.807, 2.05) is 0 Å². The standard InChI is InChI=1S/C15H10Cl3F2NO4S/c16-10-5-12(18)13(6-11(10)17)25-7-14(22)21-8-1-3-9(4-2-8)26(23,24)15(19)20/h1-6,15H,7H2,(H,21,22). The molecule has 2 aromatic rings. The summed E-state index contributed by atoms with van der Waals surface area (Å²) in [4.78, 5) is 11.3. The van der Waals surface area contributed by atoms with Crippen LogP contribution < -0.4 is 10.1 Å². The molecule has 0 bridgehead atoms. The van der Waals surface area contributed by atoms with Gasteiger partial charge in [-0.1, -0.05) is 34.8 Å². The molecule has 1 N–H and O–H groups in total. The molecule has 0 aliphatic rings. The molecule has 1 amide bonds. The molecule has 0 radical (unpaired) electrons. The zero-order chi connectivity index (χ0) is 19.5. The van der Waals surface area contributed by atoms with Gasteiger partial charge in [0.1, 0.15) is 5.75 Å². The van der Waals surface area contributed by atoms with Crippen molar-refractivity contribution < 1.29 is 26.7 Å². The fraction of sp³-hybridized carbons (Fsp3) is 0.133. The summed E-state index contributed by atoms with van der Waals surface area (Å²) in [7, 11) is -4.69. The molecule has 0 atom stereocenters. The Kier molecular flexibility index (Phi) is 6.68. The second kappa shape index (κ2) is 8.39. The average molecular weight is 445 g/mol. The molecule has 140 valence electrons. The van der Waals surface area contributed by atoms with Crippen molar-refractivity contribution in [1.29, 1.82) is 0 Å². The molecule has 2 aromatic carbocycles. The van der Waals surface area contributed by atoms with Crippen molar-refractivity contribution in [3.63, 3.8) is 0 Å². The number of anilines is 1. The largest absolute Gasteiger partial charge is 0.482 e. The van der Waals surface area contributed by atoms with Gasteiger partial charge in [0.2, 0.25) is 9.84 Å². The van der Waals surface area contributed by atoms with Crippen LogP contribution in [0.3, 0.4) is 0 Å². The molecule has 0 aromatic heterocycles. The molecule has 0 heterocycles. The summed E-state index contributed by atoms with van der Waals surface area (Å²) in [5.74, 6) is -3.96. The lowest BCUT2D eigenvalue weighted by atomic mass is 10.3. The van der Waals surface area contributed by atoms with E-state index in [1.165, 1.54) is 24.3 Å². The van der Waals surface area contributed by atoms with E-state index in [2.05, 4.69) is 5.32 Å². The Morgan fingerprint density at radius 1 is 1.04 bits per heavy atom. The number of hydrogen-bond acceptors (Lipinski definition) is 4. The lowest BCUT2D eigenvalue weighted by Crippen LogP contribution is -2.20. The van der Waals surface area contributed by atoms with E-state index in [-0.39, 0.29) is 26.5 Å². The number of nitrogens with one attached hydrogen (secondary N) is 1. The fourth-order valence-electron chi connectivity index (χ4n) is 1.79. The average Bonchev–Trinajstić information content (AvgIpc) is 2.57. The van der Waals surface area contributed by atoms with Gasteiger partial charge >= 0.3 is 5.76 Å². The Labute approximate surface area is 162 Å². The van der Waals surface area contributed by atoms with Crippen molar-refractivity contribution in [1.82, 2.24) is 0 Å².